The average Bonchev–Trinajstić information content (AvgIpc) is 2.83. The predicted octanol–water partition coefficient (Wildman–Crippen LogP) is 3.90. The first-order valence-corrected chi connectivity index (χ1v) is 8.56. The van der Waals surface area contributed by atoms with Crippen molar-refractivity contribution in [2.75, 3.05) is 12.3 Å². The molecule has 2 nitrogen and oxygen atoms in total. The second kappa shape index (κ2) is 7.76. The molecule has 0 saturated heterocycles. The first-order valence-electron chi connectivity index (χ1n) is 6.70. The number of likely N-dealkylation sites (N-methyl/N-ethyl adjacent to an activating group) is 1. The minimum atomic E-state index is -0.185. The van der Waals surface area contributed by atoms with Crippen molar-refractivity contribution in [1.29, 1.82) is 0 Å². The summed E-state index contributed by atoms with van der Waals surface area (Å²) in [5.41, 5.74) is 1.15. The van der Waals surface area contributed by atoms with Crippen molar-refractivity contribution in [1.82, 2.24) is 10.3 Å². The monoisotopic (exact) mass is 310 g/mol. The number of benzene rings is 1. The number of hydrogen-bond acceptors (Lipinski definition) is 4. The van der Waals surface area contributed by atoms with E-state index < -0.39 is 0 Å². The van der Waals surface area contributed by atoms with Crippen LogP contribution in [0.25, 0.3) is 0 Å². The molecule has 2 rings (SSSR count). The van der Waals surface area contributed by atoms with E-state index in [0.717, 1.165) is 34.3 Å². The van der Waals surface area contributed by atoms with Gasteiger partial charge in [-0.2, -0.15) is 0 Å². The Morgan fingerprint density at radius 3 is 2.70 bits per heavy atom. The maximum Gasteiger partial charge on any atom is 0.123 e. The topological polar surface area (TPSA) is 24.9 Å². The van der Waals surface area contributed by atoms with E-state index in [0.29, 0.717) is 6.04 Å². The molecule has 0 saturated carbocycles. The lowest BCUT2D eigenvalue weighted by Gasteiger charge is -2.16. The molecule has 0 aliphatic rings. The highest BCUT2D eigenvalue weighted by Crippen LogP contribution is 2.20. The van der Waals surface area contributed by atoms with Crippen molar-refractivity contribution in [2.45, 2.75) is 31.2 Å². The van der Waals surface area contributed by atoms with Crippen LogP contribution in [0, 0.1) is 12.7 Å². The molecule has 1 unspecified atom stereocenters. The number of thioether (sulfide) groups is 1. The largest absolute Gasteiger partial charge is 0.313 e. The highest BCUT2D eigenvalue weighted by atomic mass is 32.2. The Bertz CT molecular complexity index is 525. The fourth-order valence-electron chi connectivity index (χ4n) is 1.96. The number of nitrogens with one attached hydrogen (secondary N) is 1. The van der Waals surface area contributed by atoms with Crippen LogP contribution in [-0.2, 0) is 6.42 Å². The summed E-state index contributed by atoms with van der Waals surface area (Å²) in [6.45, 7) is 5.09. The second-order valence-corrected chi connectivity index (χ2v) is 6.74. The van der Waals surface area contributed by atoms with E-state index in [1.165, 1.54) is 12.1 Å². The fraction of sp³-hybridized carbons (Fsp3) is 0.400. The lowest BCUT2D eigenvalue weighted by atomic mass is 10.2. The van der Waals surface area contributed by atoms with E-state index in [1.807, 2.05) is 19.1 Å². The lowest BCUT2D eigenvalue weighted by molar-refractivity contribution is 0.567. The zero-order valence-electron chi connectivity index (χ0n) is 11.7. The molecule has 0 aliphatic carbocycles. The van der Waals surface area contributed by atoms with Crippen LogP contribution in [0.1, 0.15) is 17.6 Å². The van der Waals surface area contributed by atoms with Crippen molar-refractivity contribution in [3.8, 4) is 0 Å². The molecule has 1 aromatic heterocycles. The maximum absolute atomic E-state index is 12.9. The molecule has 0 amide bonds. The van der Waals surface area contributed by atoms with Gasteiger partial charge in [-0.1, -0.05) is 6.92 Å². The van der Waals surface area contributed by atoms with Gasteiger partial charge in [0.25, 0.3) is 0 Å². The predicted molar refractivity (Wildman–Crippen MR) is 85.1 cm³/mol. The van der Waals surface area contributed by atoms with Gasteiger partial charge in [-0.05, 0) is 37.7 Å². The maximum atomic E-state index is 12.9. The smallest absolute Gasteiger partial charge is 0.123 e. The van der Waals surface area contributed by atoms with Gasteiger partial charge in [0.2, 0.25) is 0 Å². The summed E-state index contributed by atoms with van der Waals surface area (Å²) in [5, 5.41) is 6.73. The number of aryl methyl sites for hydroxylation is 1. The molecule has 1 atom stereocenters. The van der Waals surface area contributed by atoms with E-state index in [-0.39, 0.29) is 5.82 Å². The highest BCUT2D eigenvalue weighted by molar-refractivity contribution is 7.99. The van der Waals surface area contributed by atoms with E-state index in [2.05, 4.69) is 22.6 Å². The number of thiazole rings is 1. The summed E-state index contributed by atoms with van der Waals surface area (Å²) in [6.07, 6.45) is 0.937. The first kappa shape index (κ1) is 15.5. The van der Waals surface area contributed by atoms with Crippen LogP contribution >= 0.6 is 23.1 Å². The Hall–Kier alpha value is -0.910. The molecule has 1 N–H and O–H groups in total. The van der Waals surface area contributed by atoms with Gasteiger partial charge in [0.15, 0.2) is 0 Å². The van der Waals surface area contributed by atoms with Crippen molar-refractivity contribution in [2.24, 2.45) is 0 Å². The average molecular weight is 310 g/mol. The van der Waals surface area contributed by atoms with Gasteiger partial charge in [0, 0.05) is 28.5 Å². The van der Waals surface area contributed by atoms with Crippen molar-refractivity contribution >= 4 is 23.1 Å². The summed E-state index contributed by atoms with van der Waals surface area (Å²) in [5.74, 6) is 0.770. The van der Waals surface area contributed by atoms with E-state index in [4.69, 9.17) is 0 Å². The zero-order valence-corrected chi connectivity index (χ0v) is 13.4. The Balaban J connectivity index is 1.90. The van der Waals surface area contributed by atoms with Crippen LogP contribution in [0.2, 0.25) is 0 Å². The van der Waals surface area contributed by atoms with Crippen LogP contribution in [0.15, 0.2) is 34.5 Å². The Morgan fingerprint density at radius 1 is 1.35 bits per heavy atom. The number of aromatic nitrogens is 1. The molecular formula is C15H19FN2S2. The number of nitrogens with zero attached hydrogens (tertiary/aromatic N) is 1. The molecule has 20 heavy (non-hydrogen) atoms. The van der Waals surface area contributed by atoms with Crippen LogP contribution in [0.3, 0.4) is 0 Å². The summed E-state index contributed by atoms with van der Waals surface area (Å²) >= 11 is 3.44. The Labute approximate surface area is 127 Å². The van der Waals surface area contributed by atoms with Crippen LogP contribution in [0.4, 0.5) is 4.39 Å². The third kappa shape index (κ3) is 4.89. The third-order valence-electron chi connectivity index (χ3n) is 2.88. The number of rotatable bonds is 7. The van der Waals surface area contributed by atoms with Gasteiger partial charge >= 0.3 is 0 Å². The van der Waals surface area contributed by atoms with Crippen molar-refractivity contribution < 1.29 is 4.39 Å². The normalized spacial score (nSPS) is 12.6. The van der Waals surface area contributed by atoms with Gasteiger partial charge in [-0.25, -0.2) is 9.37 Å². The Morgan fingerprint density at radius 2 is 2.10 bits per heavy atom. The molecule has 0 spiro atoms. The van der Waals surface area contributed by atoms with Gasteiger partial charge in [0.1, 0.15) is 5.82 Å². The second-order valence-electron chi connectivity index (χ2n) is 4.58. The van der Waals surface area contributed by atoms with E-state index in [1.54, 1.807) is 23.1 Å². The molecular weight excluding hydrogens is 291 g/mol. The summed E-state index contributed by atoms with van der Waals surface area (Å²) in [4.78, 5) is 5.62. The molecule has 2 aromatic rings. The highest BCUT2D eigenvalue weighted by Gasteiger charge is 2.11. The minimum Gasteiger partial charge on any atom is -0.313 e. The van der Waals surface area contributed by atoms with Crippen molar-refractivity contribution in [3.63, 3.8) is 0 Å². The van der Waals surface area contributed by atoms with Crippen LogP contribution in [-0.4, -0.2) is 23.3 Å². The van der Waals surface area contributed by atoms with Gasteiger partial charge in [-0.15, -0.1) is 23.1 Å². The van der Waals surface area contributed by atoms with Crippen LogP contribution < -0.4 is 5.32 Å². The number of halogens is 1. The molecule has 5 heteroatoms. The lowest BCUT2D eigenvalue weighted by Crippen LogP contribution is -2.33. The van der Waals surface area contributed by atoms with Gasteiger partial charge < -0.3 is 5.32 Å². The quantitative estimate of drug-likeness (QED) is 0.785. The molecule has 0 bridgehead atoms. The summed E-state index contributed by atoms with van der Waals surface area (Å²) in [7, 11) is 0. The summed E-state index contributed by atoms with van der Waals surface area (Å²) < 4.78 is 12.9. The standard InChI is InChI=1S/C15H19FN2S2/c1-3-17-13(8-14-10-19-11(2)18-14)9-20-15-6-4-12(16)5-7-15/h4-7,10,13,17H,3,8-9H2,1-2H3. The molecule has 1 heterocycles. The van der Waals surface area contributed by atoms with Crippen molar-refractivity contribution in [3.05, 3.63) is 46.2 Å². The van der Waals surface area contributed by atoms with Gasteiger partial charge in [-0.3, -0.25) is 0 Å². The van der Waals surface area contributed by atoms with Gasteiger partial charge in [0.05, 0.1) is 10.7 Å². The molecule has 1 aromatic carbocycles. The minimum absolute atomic E-state index is 0.185. The van der Waals surface area contributed by atoms with E-state index in [9.17, 15) is 4.39 Å². The zero-order chi connectivity index (χ0) is 14.4. The number of hydrogen-bond donors (Lipinski definition) is 1. The Kier molecular flexibility index (Phi) is 6.01. The molecule has 0 aliphatic heterocycles. The SMILES string of the molecule is CCNC(CSc1ccc(F)cc1)Cc1csc(C)n1. The third-order valence-corrected chi connectivity index (χ3v) is 4.88. The summed E-state index contributed by atoms with van der Waals surface area (Å²) in [6, 6.07) is 7.06. The van der Waals surface area contributed by atoms with Crippen LogP contribution in [0.5, 0.6) is 0 Å². The molecule has 0 fully saturated rings. The first-order chi connectivity index (χ1) is 9.67. The van der Waals surface area contributed by atoms with E-state index >= 15 is 0 Å². The molecule has 0 radical (unpaired) electrons. The fourth-order valence-corrected chi connectivity index (χ4v) is 3.54. The molecule has 108 valence electrons.